The van der Waals surface area contributed by atoms with E-state index in [9.17, 15) is 9.00 Å². The summed E-state index contributed by atoms with van der Waals surface area (Å²) in [5.74, 6) is -0.432. The van der Waals surface area contributed by atoms with Gasteiger partial charge in [0, 0.05) is 0 Å². The van der Waals surface area contributed by atoms with Gasteiger partial charge in [-0.1, -0.05) is 15.9 Å². The van der Waals surface area contributed by atoms with Gasteiger partial charge < -0.3 is 9.47 Å². The summed E-state index contributed by atoms with van der Waals surface area (Å²) in [6.45, 7) is 0. The molecule has 92 valence electrons. The molecule has 2 aliphatic rings. The monoisotopic (exact) mass is 314 g/mol. The first kappa shape index (κ1) is 12.4. The zero-order chi connectivity index (χ0) is 11.7. The number of halogens is 1. The maximum Gasteiger partial charge on any atom is 0.317 e. The van der Waals surface area contributed by atoms with Crippen LogP contribution in [0.25, 0.3) is 0 Å². The first-order valence-corrected chi connectivity index (χ1v) is 6.96. The Bertz CT molecular complexity index is 311. The molecular weight excluding hydrogens is 304 g/mol. The first-order chi connectivity index (χ1) is 7.61. The Hall–Kier alpha value is -0.0200. The van der Waals surface area contributed by atoms with Crippen molar-refractivity contribution in [1.29, 1.82) is 0 Å². The van der Waals surface area contributed by atoms with Gasteiger partial charge in [-0.2, -0.15) is 4.21 Å². The average Bonchev–Trinajstić information content (AvgIpc) is 2.80. The fraction of sp³-hybridized carbons (Fsp3) is 0.875. The number of fused-ring (bicyclic) bond motifs is 2. The molecule has 2 saturated heterocycles. The lowest BCUT2D eigenvalue weighted by atomic mass is 9.95. The number of hydrogen-bond donors (Lipinski definition) is 1. The molecule has 0 spiro atoms. The first-order valence-electron chi connectivity index (χ1n) is 4.80. The van der Waals surface area contributed by atoms with Crippen LogP contribution in [0.15, 0.2) is 0 Å². The van der Waals surface area contributed by atoms with Crippen LogP contribution in [0, 0.1) is 0 Å². The molecule has 2 bridgehead atoms. The predicted octanol–water partition coefficient (Wildman–Crippen LogP) is 0.376. The second kappa shape index (κ2) is 5.09. The number of rotatable bonds is 4. The molecule has 2 fully saturated rings. The van der Waals surface area contributed by atoms with Gasteiger partial charge in [0.2, 0.25) is 0 Å². The third kappa shape index (κ3) is 2.45. The van der Waals surface area contributed by atoms with Gasteiger partial charge in [-0.3, -0.25) is 13.5 Å². The summed E-state index contributed by atoms with van der Waals surface area (Å²) in [4.78, 5) is 11.2. The van der Waals surface area contributed by atoms with Crippen molar-refractivity contribution in [2.75, 3.05) is 5.33 Å². The highest BCUT2D eigenvalue weighted by Gasteiger charge is 2.53. The molecule has 1 N–H and O–H groups in total. The van der Waals surface area contributed by atoms with Crippen molar-refractivity contribution in [2.24, 2.45) is 0 Å². The Morgan fingerprint density at radius 1 is 1.44 bits per heavy atom. The van der Waals surface area contributed by atoms with Crippen LogP contribution in [-0.2, 0) is 29.8 Å². The Morgan fingerprint density at radius 3 is 2.62 bits per heavy atom. The molecule has 0 aromatic heterocycles. The highest BCUT2D eigenvalue weighted by atomic mass is 79.9. The van der Waals surface area contributed by atoms with Crippen LogP contribution in [0.2, 0.25) is 0 Å². The van der Waals surface area contributed by atoms with E-state index in [-0.39, 0.29) is 17.5 Å². The molecule has 0 aliphatic carbocycles. The Kier molecular flexibility index (Phi) is 3.96. The molecular formula is C8H11BrO6S. The highest BCUT2D eigenvalue weighted by Crippen LogP contribution is 2.38. The second-order valence-corrected chi connectivity index (χ2v) is 4.84. The quantitative estimate of drug-likeness (QED) is 0.459. The van der Waals surface area contributed by atoms with E-state index >= 15 is 0 Å². The molecule has 2 aliphatic heterocycles. The number of carbonyl (C=O) groups excluding carboxylic acids is 1. The summed E-state index contributed by atoms with van der Waals surface area (Å²) < 4.78 is 34.7. The molecule has 0 aromatic carbocycles. The van der Waals surface area contributed by atoms with E-state index in [0.29, 0.717) is 0 Å². The van der Waals surface area contributed by atoms with E-state index in [1.54, 1.807) is 0 Å². The van der Waals surface area contributed by atoms with E-state index in [0.717, 1.165) is 12.8 Å². The third-order valence-corrected chi connectivity index (χ3v) is 3.56. The van der Waals surface area contributed by atoms with Gasteiger partial charge in [0.25, 0.3) is 0 Å². The molecule has 0 aromatic rings. The minimum atomic E-state index is -2.38. The van der Waals surface area contributed by atoms with Crippen LogP contribution in [0.1, 0.15) is 12.8 Å². The van der Waals surface area contributed by atoms with E-state index < -0.39 is 29.5 Å². The predicted molar refractivity (Wildman–Crippen MR) is 57.2 cm³/mol. The fourth-order valence-electron chi connectivity index (χ4n) is 2.13. The molecule has 6 nitrogen and oxygen atoms in total. The summed E-state index contributed by atoms with van der Waals surface area (Å²) in [6, 6.07) is 0. The van der Waals surface area contributed by atoms with Gasteiger partial charge in [0.05, 0.1) is 12.2 Å². The molecule has 2 rings (SSSR count). The maximum atomic E-state index is 11.2. The number of alkyl halides is 1. The Labute approximate surface area is 103 Å². The van der Waals surface area contributed by atoms with Crippen molar-refractivity contribution in [3.8, 4) is 0 Å². The van der Waals surface area contributed by atoms with E-state index in [1.807, 2.05) is 0 Å². The van der Waals surface area contributed by atoms with E-state index in [2.05, 4.69) is 15.9 Å². The number of esters is 1. The molecule has 0 radical (unpaired) electrons. The van der Waals surface area contributed by atoms with Crippen molar-refractivity contribution in [2.45, 2.75) is 37.3 Å². The molecule has 8 heteroatoms. The summed E-state index contributed by atoms with van der Waals surface area (Å²) >= 11 is 0.603. The third-order valence-electron chi connectivity index (χ3n) is 2.71. The van der Waals surface area contributed by atoms with Crippen molar-refractivity contribution >= 4 is 33.3 Å². The molecule has 5 unspecified atom stereocenters. The van der Waals surface area contributed by atoms with Crippen LogP contribution in [0.5, 0.6) is 0 Å². The van der Waals surface area contributed by atoms with Crippen LogP contribution in [0.3, 0.4) is 0 Å². The van der Waals surface area contributed by atoms with Crippen LogP contribution in [0.4, 0.5) is 0 Å². The molecule has 16 heavy (non-hydrogen) atoms. The van der Waals surface area contributed by atoms with Crippen molar-refractivity contribution in [3.05, 3.63) is 0 Å². The van der Waals surface area contributed by atoms with Gasteiger partial charge in [-0.25, -0.2) is 0 Å². The average molecular weight is 315 g/mol. The number of hydrogen-bond acceptors (Lipinski definition) is 5. The second-order valence-electron chi connectivity index (χ2n) is 3.66. The smallest absolute Gasteiger partial charge is 0.317 e. The maximum absolute atomic E-state index is 11.2. The molecule has 0 amide bonds. The van der Waals surface area contributed by atoms with E-state index in [1.165, 1.54) is 0 Å². The Balaban J connectivity index is 2.02. The van der Waals surface area contributed by atoms with Gasteiger partial charge in [-0.15, -0.1) is 0 Å². The molecule has 0 saturated carbocycles. The van der Waals surface area contributed by atoms with Crippen LogP contribution < -0.4 is 0 Å². The van der Waals surface area contributed by atoms with Crippen molar-refractivity contribution < 1.29 is 27.2 Å². The lowest BCUT2D eigenvalue weighted by molar-refractivity contribution is -0.151. The molecule has 2 heterocycles. The summed E-state index contributed by atoms with van der Waals surface area (Å²) in [7, 11) is 0. The van der Waals surface area contributed by atoms with E-state index in [4.69, 9.17) is 18.2 Å². The largest absolute Gasteiger partial charge is 0.456 e. The molecule has 5 atom stereocenters. The minimum Gasteiger partial charge on any atom is -0.456 e. The van der Waals surface area contributed by atoms with Gasteiger partial charge in [0.15, 0.2) is 6.10 Å². The number of carbonyl (C=O) groups is 1. The summed E-state index contributed by atoms with van der Waals surface area (Å²) in [5, 5.41) is 0.0792. The highest BCUT2D eigenvalue weighted by molar-refractivity contribution is 9.09. The lowest BCUT2D eigenvalue weighted by Crippen LogP contribution is -2.42. The standard InChI is InChI=1S/C8H11BrO6S/c9-3-6(10)14-7-4-1-2-5(13-4)8(7)15-16(11)12/h4-5,7-8H,1-3H2,(H,11,12). The van der Waals surface area contributed by atoms with Crippen molar-refractivity contribution in [1.82, 2.24) is 0 Å². The summed E-state index contributed by atoms with van der Waals surface area (Å²) in [6.07, 6.45) is -0.166. The minimum absolute atomic E-state index is 0.0792. The van der Waals surface area contributed by atoms with Crippen molar-refractivity contribution in [3.63, 3.8) is 0 Å². The topological polar surface area (TPSA) is 82.1 Å². The summed E-state index contributed by atoms with van der Waals surface area (Å²) in [5.41, 5.74) is 0. The SMILES string of the molecule is O=C(CBr)OC1C2CCC(O2)C1OS(=O)O. The van der Waals surface area contributed by atoms with Gasteiger partial charge in [-0.05, 0) is 12.8 Å². The number of ether oxygens (including phenoxy) is 2. The zero-order valence-corrected chi connectivity index (χ0v) is 10.6. The van der Waals surface area contributed by atoms with Crippen LogP contribution in [-0.4, -0.2) is 44.5 Å². The Morgan fingerprint density at radius 2 is 2.06 bits per heavy atom. The van der Waals surface area contributed by atoms with Gasteiger partial charge >= 0.3 is 17.3 Å². The normalized spacial score (nSPS) is 38.6. The lowest BCUT2D eigenvalue weighted by Gasteiger charge is -2.25. The van der Waals surface area contributed by atoms with Gasteiger partial charge in [0.1, 0.15) is 11.4 Å². The van der Waals surface area contributed by atoms with Crippen LogP contribution >= 0.6 is 15.9 Å². The fourth-order valence-corrected chi connectivity index (χ4v) is 2.69. The zero-order valence-electron chi connectivity index (χ0n) is 8.21.